The first-order chi connectivity index (χ1) is 14.0. The molecule has 0 atom stereocenters. The van der Waals surface area contributed by atoms with Crippen LogP contribution in [0, 0.1) is 0 Å². The largest absolute Gasteiger partial charge is 0.497 e. The molecule has 0 fully saturated rings. The molecule has 0 aliphatic rings. The summed E-state index contributed by atoms with van der Waals surface area (Å²) >= 11 is 0. The van der Waals surface area contributed by atoms with Gasteiger partial charge in [0.2, 0.25) is 0 Å². The fourth-order valence-electron chi connectivity index (χ4n) is 2.81. The minimum atomic E-state index is -0.527. The molecule has 1 N–H and O–H groups in total. The van der Waals surface area contributed by atoms with Crippen molar-refractivity contribution in [3.8, 4) is 5.75 Å². The van der Waals surface area contributed by atoms with Gasteiger partial charge in [-0.15, -0.1) is 0 Å². The standard InChI is InChI=1S/C22H20N2O5/c1-28-18-6-3-5-15(13-18)14-24-12-4-7-19(21(24)26)20(25)23-17-10-8-16(9-11-17)22(27)29-2/h3-13H,14H2,1-2H3,(H,23,25). The Hall–Kier alpha value is -3.87. The Morgan fingerprint density at radius 3 is 2.45 bits per heavy atom. The molecule has 0 saturated heterocycles. The SMILES string of the molecule is COC(=O)c1ccc(NC(=O)c2cccn(Cc3cccc(OC)c3)c2=O)cc1. The lowest BCUT2D eigenvalue weighted by Gasteiger charge is -2.10. The smallest absolute Gasteiger partial charge is 0.337 e. The van der Waals surface area contributed by atoms with Crippen LogP contribution in [0.1, 0.15) is 26.3 Å². The van der Waals surface area contributed by atoms with Gasteiger partial charge < -0.3 is 19.4 Å². The molecule has 0 bridgehead atoms. The topological polar surface area (TPSA) is 86.6 Å². The van der Waals surface area contributed by atoms with Gasteiger partial charge in [0, 0.05) is 11.9 Å². The van der Waals surface area contributed by atoms with Crippen LogP contribution in [0.15, 0.2) is 71.7 Å². The van der Waals surface area contributed by atoms with Gasteiger partial charge in [-0.2, -0.15) is 0 Å². The van der Waals surface area contributed by atoms with Gasteiger partial charge in [-0.05, 0) is 54.1 Å². The average molecular weight is 392 g/mol. The summed E-state index contributed by atoms with van der Waals surface area (Å²) in [5, 5.41) is 2.67. The van der Waals surface area contributed by atoms with E-state index in [9.17, 15) is 14.4 Å². The Bertz CT molecular complexity index is 1090. The number of esters is 1. The third-order valence-corrected chi connectivity index (χ3v) is 4.32. The minimum Gasteiger partial charge on any atom is -0.497 e. The van der Waals surface area contributed by atoms with Gasteiger partial charge in [-0.1, -0.05) is 12.1 Å². The first kappa shape index (κ1) is 19.9. The summed E-state index contributed by atoms with van der Waals surface area (Å²) in [6, 6.07) is 16.7. The van der Waals surface area contributed by atoms with E-state index < -0.39 is 17.4 Å². The number of nitrogens with one attached hydrogen (secondary N) is 1. The van der Waals surface area contributed by atoms with Crippen LogP contribution >= 0.6 is 0 Å². The van der Waals surface area contributed by atoms with Crippen molar-refractivity contribution in [2.45, 2.75) is 6.54 Å². The van der Waals surface area contributed by atoms with E-state index in [1.807, 2.05) is 24.3 Å². The molecule has 0 aliphatic carbocycles. The van der Waals surface area contributed by atoms with Gasteiger partial charge in [0.25, 0.3) is 11.5 Å². The van der Waals surface area contributed by atoms with E-state index in [1.165, 1.54) is 29.9 Å². The third kappa shape index (κ3) is 4.70. The van der Waals surface area contributed by atoms with Crippen molar-refractivity contribution in [1.29, 1.82) is 0 Å². The van der Waals surface area contributed by atoms with Gasteiger partial charge in [0.15, 0.2) is 0 Å². The number of methoxy groups -OCH3 is 2. The summed E-state index contributed by atoms with van der Waals surface area (Å²) in [6.45, 7) is 0.310. The molecule has 29 heavy (non-hydrogen) atoms. The molecular formula is C22H20N2O5. The Balaban J connectivity index is 1.78. The fourth-order valence-corrected chi connectivity index (χ4v) is 2.81. The molecule has 2 aromatic carbocycles. The summed E-state index contributed by atoms with van der Waals surface area (Å²) < 4.78 is 11.3. The van der Waals surface area contributed by atoms with Crippen LogP contribution in [0.5, 0.6) is 5.75 Å². The summed E-state index contributed by atoms with van der Waals surface area (Å²) in [5.74, 6) is -0.299. The molecule has 0 unspecified atom stereocenters. The van der Waals surface area contributed by atoms with E-state index in [2.05, 4.69) is 10.1 Å². The molecule has 3 aromatic rings. The van der Waals surface area contributed by atoms with E-state index in [1.54, 1.807) is 31.5 Å². The second-order valence-corrected chi connectivity index (χ2v) is 6.23. The molecule has 7 heteroatoms. The van der Waals surface area contributed by atoms with E-state index in [-0.39, 0.29) is 5.56 Å². The third-order valence-electron chi connectivity index (χ3n) is 4.32. The van der Waals surface area contributed by atoms with Crippen LogP contribution in [0.25, 0.3) is 0 Å². The van der Waals surface area contributed by atoms with Crippen LogP contribution in [0.2, 0.25) is 0 Å². The van der Waals surface area contributed by atoms with E-state index in [0.717, 1.165) is 5.56 Å². The lowest BCUT2D eigenvalue weighted by Crippen LogP contribution is -2.29. The highest BCUT2D eigenvalue weighted by atomic mass is 16.5. The molecule has 1 aromatic heterocycles. The van der Waals surface area contributed by atoms with Crippen molar-refractivity contribution in [2.24, 2.45) is 0 Å². The Kier molecular flexibility index (Phi) is 6.09. The summed E-state index contributed by atoms with van der Waals surface area (Å²) in [4.78, 5) is 36.8. The zero-order valence-corrected chi connectivity index (χ0v) is 16.0. The van der Waals surface area contributed by atoms with Gasteiger partial charge in [-0.25, -0.2) is 4.79 Å². The fraction of sp³-hybridized carbons (Fsp3) is 0.136. The predicted octanol–water partition coefficient (Wildman–Crippen LogP) is 2.94. The number of hydrogen-bond donors (Lipinski definition) is 1. The normalized spacial score (nSPS) is 10.3. The predicted molar refractivity (Wildman–Crippen MR) is 109 cm³/mol. The molecule has 7 nitrogen and oxygen atoms in total. The van der Waals surface area contributed by atoms with Gasteiger partial charge in [0.05, 0.1) is 26.3 Å². The second kappa shape index (κ2) is 8.88. The number of amides is 1. The maximum atomic E-state index is 12.8. The molecule has 0 aliphatic heterocycles. The quantitative estimate of drug-likeness (QED) is 0.652. The minimum absolute atomic E-state index is 0.0208. The van der Waals surface area contributed by atoms with Crippen molar-refractivity contribution in [2.75, 3.05) is 19.5 Å². The van der Waals surface area contributed by atoms with E-state index in [0.29, 0.717) is 23.5 Å². The van der Waals surface area contributed by atoms with Crippen molar-refractivity contribution in [1.82, 2.24) is 4.57 Å². The van der Waals surface area contributed by atoms with Crippen molar-refractivity contribution in [3.63, 3.8) is 0 Å². The van der Waals surface area contributed by atoms with Gasteiger partial charge in [-0.3, -0.25) is 9.59 Å². The van der Waals surface area contributed by atoms with Gasteiger partial charge in [0.1, 0.15) is 11.3 Å². The highest BCUT2D eigenvalue weighted by Crippen LogP contribution is 2.14. The number of nitrogens with zero attached hydrogens (tertiary/aromatic N) is 1. The number of hydrogen-bond acceptors (Lipinski definition) is 5. The first-order valence-electron chi connectivity index (χ1n) is 8.84. The maximum absolute atomic E-state index is 12.8. The number of ether oxygens (including phenoxy) is 2. The Morgan fingerprint density at radius 2 is 1.76 bits per heavy atom. The summed E-state index contributed by atoms with van der Waals surface area (Å²) in [6.07, 6.45) is 1.63. The molecule has 0 radical (unpaired) electrons. The average Bonchev–Trinajstić information content (AvgIpc) is 2.75. The summed E-state index contributed by atoms with van der Waals surface area (Å²) in [5.41, 5.74) is 1.32. The molecule has 1 amide bonds. The molecular weight excluding hydrogens is 372 g/mol. The second-order valence-electron chi connectivity index (χ2n) is 6.23. The van der Waals surface area contributed by atoms with Crippen molar-refractivity contribution < 1.29 is 19.1 Å². The van der Waals surface area contributed by atoms with Crippen molar-refractivity contribution in [3.05, 3.63) is 93.9 Å². The van der Waals surface area contributed by atoms with Gasteiger partial charge >= 0.3 is 5.97 Å². The Labute approximate surface area is 167 Å². The number of pyridine rings is 1. The molecule has 3 rings (SSSR count). The zero-order valence-electron chi connectivity index (χ0n) is 16.0. The Morgan fingerprint density at radius 1 is 1.00 bits per heavy atom. The highest BCUT2D eigenvalue weighted by molar-refractivity contribution is 6.04. The van der Waals surface area contributed by atoms with E-state index >= 15 is 0 Å². The molecule has 0 spiro atoms. The van der Waals surface area contributed by atoms with Crippen LogP contribution in [-0.4, -0.2) is 30.7 Å². The maximum Gasteiger partial charge on any atom is 0.337 e. The van der Waals surface area contributed by atoms with E-state index in [4.69, 9.17) is 4.74 Å². The molecule has 0 saturated carbocycles. The zero-order chi connectivity index (χ0) is 20.8. The number of benzene rings is 2. The number of aromatic nitrogens is 1. The van der Waals surface area contributed by atoms with Crippen molar-refractivity contribution >= 4 is 17.6 Å². The molecule has 148 valence electrons. The number of carbonyl (C=O) groups is 2. The first-order valence-corrected chi connectivity index (χ1v) is 8.84. The molecule has 1 heterocycles. The van der Waals surface area contributed by atoms with Crippen LogP contribution in [0.3, 0.4) is 0 Å². The van der Waals surface area contributed by atoms with Crippen LogP contribution < -0.4 is 15.6 Å². The number of rotatable bonds is 6. The highest BCUT2D eigenvalue weighted by Gasteiger charge is 2.13. The number of carbonyl (C=O) groups excluding carboxylic acids is 2. The lowest BCUT2D eigenvalue weighted by molar-refractivity contribution is 0.0600. The monoisotopic (exact) mass is 392 g/mol. The van der Waals surface area contributed by atoms with Crippen LogP contribution in [-0.2, 0) is 11.3 Å². The number of anilines is 1. The van der Waals surface area contributed by atoms with Crippen LogP contribution in [0.4, 0.5) is 5.69 Å². The summed E-state index contributed by atoms with van der Waals surface area (Å²) in [7, 11) is 2.87. The lowest BCUT2D eigenvalue weighted by atomic mass is 10.2.